The quantitative estimate of drug-likeness (QED) is 0.589. The van der Waals surface area contributed by atoms with E-state index in [1.165, 1.54) is 32.7 Å². The van der Waals surface area contributed by atoms with Gasteiger partial charge < -0.3 is 4.74 Å². The van der Waals surface area contributed by atoms with E-state index in [4.69, 9.17) is 4.74 Å². The smallest absolute Gasteiger partial charge is 0.119 e. The van der Waals surface area contributed by atoms with Crippen molar-refractivity contribution in [3.63, 3.8) is 0 Å². The van der Waals surface area contributed by atoms with E-state index in [2.05, 4.69) is 50.2 Å². The number of benzene rings is 3. The van der Waals surface area contributed by atoms with Crippen molar-refractivity contribution < 1.29 is 4.74 Å². The standard InChI is InChI=1S/C18H18O/c1-4-15-12(2)5-8-18-16-10-7-14(19-3)11-13(16)6-9-17(15)18/h5-11H,4H2,1-3H3. The van der Waals surface area contributed by atoms with Gasteiger partial charge in [0.1, 0.15) is 5.75 Å². The Hall–Kier alpha value is -2.02. The van der Waals surface area contributed by atoms with Crippen LogP contribution in [0.4, 0.5) is 0 Å². The summed E-state index contributed by atoms with van der Waals surface area (Å²) in [7, 11) is 1.71. The van der Waals surface area contributed by atoms with Gasteiger partial charge in [0.15, 0.2) is 0 Å². The molecule has 0 atom stereocenters. The van der Waals surface area contributed by atoms with Crippen LogP contribution in [-0.4, -0.2) is 7.11 Å². The Morgan fingerprint density at radius 1 is 0.895 bits per heavy atom. The van der Waals surface area contributed by atoms with Crippen LogP contribution in [0.5, 0.6) is 5.75 Å². The third-order valence-electron chi connectivity index (χ3n) is 3.92. The Balaban J connectivity index is 2.41. The van der Waals surface area contributed by atoms with Crippen LogP contribution < -0.4 is 4.74 Å². The second-order valence-corrected chi connectivity index (χ2v) is 4.96. The van der Waals surface area contributed by atoms with Gasteiger partial charge in [-0.2, -0.15) is 0 Å². The van der Waals surface area contributed by atoms with Crippen molar-refractivity contribution in [1.29, 1.82) is 0 Å². The molecule has 0 aliphatic heterocycles. The highest BCUT2D eigenvalue weighted by atomic mass is 16.5. The minimum atomic E-state index is 0.912. The van der Waals surface area contributed by atoms with Crippen LogP contribution in [-0.2, 0) is 6.42 Å². The molecule has 3 aromatic rings. The molecular weight excluding hydrogens is 232 g/mol. The molecule has 96 valence electrons. The summed E-state index contributed by atoms with van der Waals surface area (Å²) in [6.07, 6.45) is 1.07. The highest BCUT2D eigenvalue weighted by Crippen LogP contribution is 2.31. The average molecular weight is 250 g/mol. The predicted molar refractivity (Wildman–Crippen MR) is 82.1 cm³/mol. The third kappa shape index (κ3) is 1.86. The zero-order valence-electron chi connectivity index (χ0n) is 11.7. The molecule has 0 unspecified atom stereocenters. The van der Waals surface area contributed by atoms with Gasteiger partial charge in [0.25, 0.3) is 0 Å². The van der Waals surface area contributed by atoms with Crippen molar-refractivity contribution in [2.24, 2.45) is 0 Å². The summed E-state index contributed by atoms with van der Waals surface area (Å²) in [5, 5.41) is 5.24. The molecule has 0 spiro atoms. The summed E-state index contributed by atoms with van der Waals surface area (Å²) in [6, 6.07) is 15.2. The van der Waals surface area contributed by atoms with E-state index >= 15 is 0 Å². The number of aryl methyl sites for hydroxylation is 2. The van der Waals surface area contributed by atoms with Crippen LogP contribution in [0.3, 0.4) is 0 Å². The van der Waals surface area contributed by atoms with E-state index in [9.17, 15) is 0 Å². The first kappa shape index (κ1) is 12.0. The molecule has 0 heterocycles. The van der Waals surface area contributed by atoms with Crippen molar-refractivity contribution in [2.75, 3.05) is 7.11 Å². The largest absolute Gasteiger partial charge is 0.497 e. The molecule has 0 aromatic heterocycles. The molecule has 0 radical (unpaired) electrons. The lowest BCUT2D eigenvalue weighted by Gasteiger charge is -2.11. The maximum absolute atomic E-state index is 5.30. The first-order chi connectivity index (χ1) is 9.24. The van der Waals surface area contributed by atoms with Crippen molar-refractivity contribution >= 4 is 21.5 Å². The SMILES string of the molecule is CCc1c(C)ccc2c1ccc1cc(OC)ccc12. The minimum absolute atomic E-state index is 0.912. The van der Waals surface area contributed by atoms with Crippen molar-refractivity contribution in [2.45, 2.75) is 20.3 Å². The van der Waals surface area contributed by atoms with Gasteiger partial charge in [-0.3, -0.25) is 0 Å². The van der Waals surface area contributed by atoms with Gasteiger partial charge in [0.2, 0.25) is 0 Å². The number of rotatable bonds is 2. The lowest BCUT2D eigenvalue weighted by molar-refractivity contribution is 0.415. The van der Waals surface area contributed by atoms with Crippen molar-refractivity contribution in [1.82, 2.24) is 0 Å². The van der Waals surface area contributed by atoms with Crippen LogP contribution in [0.1, 0.15) is 18.1 Å². The third-order valence-corrected chi connectivity index (χ3v) is 3.92. The summed E-state index contributed by atoms with van der Waals surface area (Å²) in [4.78, 5) is 0. The monoisotopic (exact) mass is 250 g/mol. The van der Waals surface area contributed by atoms with Gasteiger partial charge >= 0.3 is 0 Å². The van der Waals surface area contributed by atoms with Gasteiger partial charge in [0.05, 0.1) is 7.11 Å². The molecule has 0 saturated heterocycles. The van der Waals surface area contributed by atoms with E-state index in [1.807, 2.05) is 6.07 Å². The van der Waals surface area contributed by atoms with E-state index < -0.39 is 0 Å². The Morgan fingerprint density at radius 2 is 1.63 bits per heavy atom. The first-order valence-electron chi connectivity index (χ1n) is 6.73. The summed E-state index contributed by atoms with van der Waals surface area (Å²) in [5.74, 6) is 0.912. The number of fused-ring (bicyclic) bond motifs is 3. The topological polar surface area (TPSA) is 9.23 Å². The van der Waals surface area contributed by atoms with Gasteiger partial charge in [-0.25, -0.2) is 0 Å². The highest BCUT2D eigenvalue weighted by Gasteiger charge is 2.06. The molecular formula is C18H18O. The number of hydrogen-bond donors (Lipinski definition) is 0. The molecule has 0 amide bonds. The zero-order valence-corrected chi connectivity index (χ0v) is 11.7. The van der Waals surface area contributed by atoms with E-state index in [0.29, 0.717) is 0 Å². The molecule has 0 N–H and O–H groups in total. The fraction of sp³-hybridized carbons (Fsp3) is 0.222. The Kier molecular flexibility index (Phi) is 2.90. The summed E-state index contributed by atoms with van der Waals surface area (Å²) in [6.45, 7) is 4.41. The molecule has 19 heavy (non-hydrogen) atoms. The second-order valence-electron chi connectivity index (χ2n) is 4.96. The number of ether oxygens (including phenoxy) is 1. The normalized spacial score (nSPS) is 11.1. The van der Waals surface area contributed by atoms with Crippen molar-refractivity contribution in [3.8, 4) is 5.75 Å². The maximum atomic E-state index is 5.30. The van der Waals surface area contributed by atoms with E-state index in [-0.39, 0.29) is 0 Å². The fourth-order valence-electron chi connectivity index (χ4n) is 2.89. The fourth-order valence-corrected chi connectivity index (χ4v) is 2.89. The maximum Gasteiger partial charge on any atom is 0.119 e. The van der Waals surface area contributed by atoms with Crippen LogP contribution in [0.2, 0.25) is 0 Å². The molecule has 1 heteroatoms. The molecule has 0 aliphatic rings. The second kappa shape index (κ2) is 4.58. The molecule has 3 rings (SSSR count). The summed E-state index contributed by atoms with van der Waals surface area (Å²) >= 11 is 0. The zero-order chi connectivity index (χ0) is 13.4. The Labute approximate surface area is 113 Å². The van der Waals surface area contributed by atoms with E-state index in [0.717, 1.165) is 12.2 Å². The number of hydrogen-bond acceptors (Lipinski definition) is 1. The average Bonchev–Trinajstić information content (AvgIpc) is 2.46. The van der Waals surface area contributed by atoms with Gasteiger partial charge in [-0.15, -0.1) is 0 Å². The predicted octanol–water partition coefficient (Wildman–Crippen LogP) is 4.87. The number of methoxy groups -OCH3 is 1. The highest BCUT2D eigenvalue weighted by molar-refractivity contribution is 6.09. The molecule has 3 aromatic carbocycles. The lowest BCUT2D eigenvalue weighted by atomic mass is 9.94. The van der Waals surface area contributed by atoms with Crippen LogP contribution >= 0.6 is 0 Å². The van der Waals surface area contributed by atoms with Crippen LogP contribution in [0.25, 0.3) is 21.5 Å². The molecule has 0 saturated carbocycles. The minimum Gasteiger partial charge on any atom is -0.497 e. The van der Waals surface area contributed by atoms with E-state index in [1.54, 1.807) is 7.11 Å². The summed E-state index contributed by atoms with van der Waals surface area (Å²) < 4.78 is 5.30. The Bertz CT molecular complexity index is 756. The van der Waals surface area contributed by atoms with Gasteiger partial charge in [0, 0.05) is 0 Å². The van der Waals surface area contributed by atoms with Crippen LogP contribution in [0.15, 0.2) is 42.5 Å². The van der Waals surface area contributed by atoms with Crippen molar-refractivity contribution in [3.05, 3.63) is 53.6 Å². The summed E-state index contributed by atoms with van der Waals surface area (Å²) in [5.41, 5.74) is 2.83. The lowest BCUT2D eigenvalue weighted by Crippen LogP contribution is -1.90. The molecule has 0 fully saturated rings. The molecule has 1 nitrogen and oxygen atoms in total. The van der Waals surface area contributed by atoms with Gasteiger partial charge in [-0.05, 0) is 58.1 Å². The first-order valence-corrected chi connectivity index (χ1v) is 6.73. The van der Waals surface area contributed by atoms with Gasteiger partial charge in [-0.1, -0.05) is 37.3 Å². The van der Waals surface area contributed by atoms with Crippen LogP contribution in [0, 0.1) is 6.92 Å². The Morgan fingerprint density at radius 3 is 2.37 bits per heavy atom. The molecule has 0 bridgehead atoms. The molecule has 0 aliphatic carbocycles.